The number of aryl methyl sites for hydroxylation is 2. The first kappa shape index (κ1) is 14.9. The summed E-state index contributed by atoms with van der Waals surface area (Å²) < 4.78 is 6.05. The zero-order chi connectivity index (χ0) is 14.5. The first-order valence-electron chi connectivity index (χ1n) is 6.01. The molecule has 0 fully saturated rings. The quantitative estimate of drug-likeness (QED) is 0.894. The van der Waals surface area contributed by atoms with Gasteiger partial charge in [-0.2, -0.15) is 0 Å². The van der Waals surface area contributed by atoms with Gasteiger partial charge in [-0.3, -0.25) is 4.79 Å². The van der Waals surface area contributed by atoms with E-state index in [2.05, 4.69) is 31.4 Å². The predicted molar refractivity (Wildman–Crippen MR) is 82.3 cm³/mol. The van der Waals surface area contributed by atoms with E-state index in [-0.39, 0.29) is 5.91 Å². The van der Waals surface area contributed by atoms with Gasteiger partial charge in [-0.15, -0.1) is 10.2 Å². The number of carbonyl (C=O) groups is 1. The van der Waals surface area contributed by atoms with E-state index in [9.17, 15) is 4.79 Å². The average molecular weight is 356 g/mol. The van der Waals surface area contributed by atoms with E-state index < -0.39 is 0 Å². The van der Waals surface area contributed by atoms with E-state index in [1.807, 2.05) is 25.1 Å². The Morgan fingerprint density at radius 3 is 2.85 bits per heavy atom. The number of nitrogens with zero attached hydrogens (tertiary/aromatic N) is 2. The number of nitrogens with one attached hydrogen (secondary N) is 1. The SMILES string of the molecule is COc1ccc(CCC(=O)Nc2nnc(C)s2)cc1Br. The topological polar surface area (TPSA) is 64.1 Å². The minimum atomic E-state index is -0.0620. The van der Waals surface area contributed by atoms with Gasteiger partial charge in [-0.05, 0) is 47.0 Å². The summed E-state index contributed by atoms with van der Waals surface area (Å²) in [6.45, 7) is 1.85. The summed E-state index contributed by atoms with van der Waals surface area (Å²) in [6.07, 6.45) is 1.06. The van der Waals surface area contributed by atoms with Crippen molar-refractivity contribution in [1.82, 2.24) is 10.2 Å². The van der Waals surface area contributed by atoms with Gasteiger partial charge < -0.3 is 10.1 Å². The van der Waals surface area contributed by atoms with Crippen molar-refractivity contribution in [3.05, 3.63) is 33.2 Å². The summed E-state index contributed by atoms with van der Waals surface area (Å²) in [4.78, 5) is 11.8. The maximum Gasteiger partial charge on any atom is 0.226 e. The highest BCUT2D eigenvalue weighted by Crippen LogP contribution is 2.26. The number of aromatic nitrogens is 2. The molecule has 0 radical (unpaired) electrons. The van der Waals surface area contributed by atoms with E-state index in [1.54, 1.807) is 7.11 Å². The van der Waals surface area contributed by atoms with Gasteiger partial charge in [0.2, 0.25) is 11.0 Å². The zero-order valence-electron chi connectivity index (χ0n) is 11.1. The minimum absolute atomic E-state index is 0.0620. The molecule has 0 aliphatic carbocycles. The van der Waals surface area contributed by atoms with Crippen molar-refractivity contribution in [2.75, 3.05) is 12.4 Å². The number of amides is 1. The van der Waals surface area contributed by atoms with Crippen LogP contribution in [0.2, 0.25) is 0 Å². The lowest BCUT2D eigenvalue weighted by Gasteiger charge is -2.06. The molecule has 2 aromatic rings. The molecular formula is C13H14BrN3O2S. The van der Waals surface area contributed by atoms with Crippen molar-refractivity contribution in [3.8, 4) is 5.75 Å². The molecule has 0 bridgehead atoms. The van der Waals surface area contributed by atoms with E-state index in [4.69, 9.17) is 4.74 Å². The number of benzene rings is 1. The van der Waals surface area contributed by atoms with Crippen molar-refractivity contribution >= 4 is 38.3 Å². The molecule has 1 amide bonds. The monoisotopic (exact) mass is 355 g/mol. The third-order valence-electron chi connectivity index (χ3n) is 2.63. The second kappa shape index (κ2) is 6.81. The van der Waals surface area contributed by atoms with E-state index in [0.29, 0.717) is 18.0 Å². The standard InChI is InChI=1S/C13H14BrN3O2S/c1-8-16-17-13(20-8)15-12(18)6-4-9-3-5-11(19-2)10(14)7-9/h3,5,7H,4,6H2,1-2H3,(H,15,17,18). The van der Waals surface area contributed by atoms with Crippen molar-refractivity contribution in [1.29, 1.82) is 0 Å². The Balaban J connectivity index is 1.88. The summed E-state index contributed by atoms with van der Waals surface area (Å²) in [5, 5.41) is 11.8. The number of methoxy groups -OCH3 is 1. The van der Waals surface area contributed by atoms with Crippen LogP contribution in [0.3, 0.4) is 0 Å². The van der Waals surface area contributed by atoms with Gasteiger partial charge in [-0.25, -0.2) is 0 Å². The number of hydrogen-bond donors (Lipinski definition) is 1. The van der Waals surface area contributed by atoms with Crippen molar-refractivity contribution < 1.29 is 9.53 Å². The largest absolute Gasteiger partial charge is 0.496 e. The van der Waals surface area contributed by atoms with Crippen molar-refractivity contribution in [3.63, 3.8) is 0 Å². The van der Waals surface area contributed by atoms with Crippen LogP contribution in [0.25, 0.3) is 0 Å². The van der Waals surface area contributed by atoms with Gasteiger partial charge >= 0.3 is 0 Å². The van der Waals surface area contributed by atoms with Crippen molar-refractivity contribution in [2.45, 2.75) is 19.8 Å². The molecule has 0 spiro atoms. The normalized spacial score (nSPS) is 10.3. The summed E-state index contributed by atoms with van der Waals surface area (Å²) in [5.41, 5.74) is 1.07. The molecule has 0 unspecified atom stereocenters. The van der Waals surface area contributed by atoms with Gasteiger partial charge in [0.1, 0.15) is 10.8 Å². The summed E-state index contributed by atoms with van der Waals surface area (Å²) >= 11 is 4.80. The van der Waals surface area contributed by atoms with Crippen LogP contribution >= 0.6 is 27.3 Å². The molecule has 0 atom stereocenters. The average Bonchev–Trinajstić information content (AvgIpc) is 2.82. The van der Waals surface area contributed by atoms with Crippen LogP contribution in [0.15, 0.2) is 22.7 Å². The molecule has 1 N–H and O–H groups in total. The highest BCUT2D eigenvalue weighted by atomic mass is 79.9. The number of carbonyl (C=O) groups excluding carboxylic acids is 1. The molecule has 1 aromatic heterocycles. The molecule has 0 aliphatic rings. The van der Waals surface area contributed by atoms with E-state index >= 15 is 0 Å². The maximum absolute atomic E-state index is 11.8. The van der Waals surface area contributed by atoms with E-state index in [1.165, 1.54) is 11.3 Å². The van der Waals surface area contributed by atoms with Gasteiger partial charge in [-0.1, -0.05) is 17.4 Å². The number of anilines is 1. The van der Waals surface area contributed by atoms with Crippen LogP contribution in [0.1, 0.15) is 17.0 Å². The van der Waals surface area contributed by atoms with Crippen molar-refractivity contribution in [2.24, 2.45) is 0 Å². The number of halogens is 1. The van der Waals surface area contributed by atoms with Gasteiger partial charge in [0, 0.05) is 6.42 Å². The molecule has 20 heavy (non-hydrogen) atoms. The van der Waals surface area contributed by atoms with Crippen LogP contribution in [0, 0.1) is 6.92 Å². The lowest BCUT2D eigenvalue weighted by molar-refractivity contribution is -0.116. The Kier molecular flexibility index (Phi) is 5.08. The van der Waals surface area contributed by atoms with E-state index in [0.717, 1.165) is 20.8 Å². The molecule has 2 rings (SSSR count). The second-order valence-corrected chi connectivity index (χ2v) is 6.18. The lowest BCUT2D eigenvalue weighted by atomic mass is 10.1. The lowest BCUT2D eigenvalue weighted by Crippen LogP contribution is -2.12. The molecule has 0 saturated carbocycles. The predicted octanol–water partition coefficient (Wildman–Crippen LogP) is 3.19. The molecule has 106 valence electrons. The fraction of sp³-hybridized carbons (Fsp3) is 0.308. The molecule has 7 heteroatoms. The Hall–Kier alpha value is -1.47. The Morgan fingerprint density at radius 2 is 2.25 bits per heavy atom. The van der Waals surface area contributed by atoms with Gasteiger partial charge in [0.05, 0.1) is 11.6 Å². The van der Waals surface area contributed by atoms with Crippen LogP contribution in [0.5, 0.6) is 5.75 Å². The van der Waals surface area contributed by atoms with Gasteiger partial charge in [0.25, 0.3) is 0 Å². The van der Waals surface area contributed by atoms with Crippen LogP contribution < -0.4 is 10.1 Å². The molecular weight excluding hydrogens is 342 g/mol. The van der Waals surface area contributed by atoms with Crippen LogP contribution in [-0.4, -0.2) is 23.2 Å². The minimum Gasteiger partial charge on any atom is -0.496 e. The number of hydrogen-bond acceptors (Lipinski definition) is 5. The van der Waals surface area contributed by atoms with Crippen LogP contribution in [0.4, 0.5) is 5.13 Å². The summed E-state index contributed by atoms with van der Waals surface area (Å²) in [6, 6.07) is 5.79. The third kappa shape index (κ3) is 4.01. The molecule has 1 aromatic carbocycles. The smallest absolute Gasteiger partial charge is 0.226 e. The molecule has 1 heterocycles. The molecule has 0 saturated heterocycles. The summed E-state index contributed by atoms with van der Waals surface area (Å²) in [7, 11) is 1.62. The first-order valence-corrected chi connectivity index (χ1v) is 7.62. The number of rotatable bonds is 5. The third-order valence-corrected chi connectivity index (χ3v) is 4.00. The Morgan fingerprint density at radius 1 is 1.45 bits per heavy atom. The Labute approximate surface area is 129 Å². The Bertz CT molecular complexity index is 615. The zero-order valence-corrected chi connectivity index (χ0v) is 13.5. The maximum atomic E-state index is 11.8. The summed E-state index contributed by atoms with van der Waals surface area (Å²) in [5.74, 6) is 0.718. The number of ether oxygens (including phenoxy) is 1. The fourth-order valence-electron chi connectivity index (χ4n) is 1.65. The first-order chi connectivity index (χ1) is 9.58. The highest BCUT2D eigenvalue weighted by molar-refractivity contribution is 9.10. The highest BCUT2D eigenvalue weighted by Gasteiger charge is 2.08. The molecule has 5 nitrogen and oxygen atoms in total. The fourth-order valence-corrected chi connectivity index (χ4v) is 2.85. The molecule has 0 aliphatic heterocycles. The second-order valence-electron chi connectivity index (χ2n) is 4.14. The van der Waals surface area contributed by atoms with Gasteiger partial charge in [0.15, 0.2) is 0 Å². The van der Waals surface area contributed by atoms with Crippen LogP contribution in [-0.2, 0) is 11.2 Å².